The van der Waals surface area contributed by atoms with Gasteiger partial charge in [0.05, 0.1) is 0 Å². The van der Waals surface area contributed by atoms with Gasteiger partial charge in [-0.1, -0.05) is 62.2 Å². The zero-order valence-electron chi connectivity index (χ0n) is 25.2. The molecule has 44 heavy (non-hydrogen) atoms. The molecule has 12 nitrogen and oxygen atoms in total. The predicted octanol–water partition coefficient (Wildman–Crippen LogP) is 4.98. The molecule has 240 valence electrons. The van der Waals surface area contributed by atoms with Gasteiger partial charge >= 0.3 is 12.1 Å². The number of carboxylic acids is 1. The lowest BCUT2D eigenvalue weighted by molar-refractivity contribution is -0.143. The van der Waals surface area contributed by atoms with Crippen LogP contribution < -0.4 is 10.6 Å². The maximum absolute atomic E-state index is 12.7. The molecule has 1 aromatic carbocycles. The first kappa shape index (κ1) is 34.7. The van der Waals surface area contributed by atoms with Crippen molar-refractivity contribution in [2.24, 2.45) is 0 Å². The Kier molecular flexibility index (Phi) is 14.9. The average Bonchev–Trinajstić information content (AvgIpc) is 3.80. The summed E-state index contributed by atoms with van der Waals surface area (Å²) >= 11 is 3.30. The van der Waals surface area contributed by atoms with Crippen LogP contribution in [0.4, 0.5) is 4.79 Å². The van der Waals surface area contributed by atoms with E-state index in [1.165, 1.54) is 4.90 Å². The van der Waals surface area contributed by atoms with Gasteiger partial charge in [-0.2, -0.15) is 10.3 Å². The topological polar surface area (TPSA) is 167 Å². The molecule has 1 saturated carbocycles. The molecule has 3 amide bonds. The Bertz CT molecular complexity index is 1230. The number of unbranched alkanes of at least 4 members (excludes halogenated alkanes) is 3. The van der Waals surface area contributed by atoms with Crippen molar-refractivity contribution in [3.05, 3.63) is 47.1 Å². The summed E-state index contributed by atoms with van der Waals surface area (Å²) in [6.45, 7) is 2.26. The third kappa shape index (κ3) is 11.4. The van der Waals surface area contributed by atoms with E-state index in [1.54, 1.807) is 6.08 Å². The zero-order valence-corrected chi connectivity index (χ0v) is 26.8. The molecule has 0 radical (unpaired) electrons. The molecule has 2 fully saturated rings. The van der Waals surface area contributed by atoms with Crippen molar-refractivity contribution in [1.29, 1.82) is 0 Å². The molecule has 2 unspecified atom stereocenters. The van der Waals surface area contributed by atoms with Crippen LogP contribution in [-0.2, 0) is 19.1 Å². The minimum absolute atomic E-state index is 0.0935. The van der Waals surface area contributed by atoms with Gasteiger partial charge in [0.1, 0.15) is 30.4 Å². The lowest BCUT2D eigenvalue weighted by Crippen LogP contribution is -2.52. The number of carbonyl (C=O) groups excluding carboxylic acids is 3. The van der Waals surface area contributed by atoms with Gasteiger partial charge in [-0.05, 0) is 73.7 Å². The number of H-pyrrole nitrogens is 1. The number of aromatic amines is 1. The standard InChI is InChI=1S/C23H37N3O6.C8H6BrN3/c1-2-3-4-5-6-7-13-18(22(29)30)25-21(28)19-14-10-15-26(19)20(27)16-24-23(31)32-17-11-8-9-12-17;9-8-7(10-12-11-8)6-4-2-1-3-5-6/h6-7,17-19H,2-5,8-16H2,1H3,(H,24,31)(H,25,28)(H,29,30);1-5H,(H,10,11,12)/b7-6-;. The number of nitrogens with one attached hydrogen (secondary N) is 3. The van der Waals surface area contributed by atoms with Gasteiger partial charge in [0.2, 0.25) is 11.8 Å². The summed E-state index contributed by atoms with van der Waals surface area (Å²) < 4.78 is 6.02. The number of hydrogen-bond donors (Lipinski definition) is 4. The predicted molar refractivity (Wildman–Crippen MR) is 168 cm³/mol. The lowest BCUT2D eigenvalue weighted by Gasteiger charge is -2.25. The summed E-state index contributed by atoms with van der Waals surface area (Å²) in [5, 5.41) is 24.9. The fourth-order valence-electron chi connectivity index (χ4n) is 5.14. The SMILES string of the molecule is Brc1n[nH]nc1-c1ccccc1.CCCCC/C=C\CC(NC(=O)C1CCCN1C(=O)CNC(=O)OC1CCCC1)C(=O)O. The molecular weight excluding hydrogens is 632 g/mol. The van der Waals surface area contributed by atoms with Crippen LogP contribution in [0.3, 0.4) is 0 Å². The van der Waals surface area contributed by atoms with Crippen molar-refractivity contribution in [3.63, 3.8) is 0 Å². The van der Waals surface area contributed by atoms with Gasteiger partial charge in [-0.3, -0.25) is 9.59 Å². The fraction of sp³-hybridized carbons (Fsp3) is 0.548. The molecule has 2 aliphatic rings. The Hall–Kier alpha value is -3.74. The minimum Gasteiger partial charge on any atom is -0.480 e. The maximum Gasteiger partial charge on any atom is 0.407 e. The van der Waals surface area contributed by atoms with Crippen LogP contribution in [0.1, 0.15) is 77.6 Å². The quantitative estimate of drug-likeness (QED) is 0.171. The molecule has 2 heterocycles. The van der Waals surface area contributed by atoms with E-state index >= 15 is 0 Å². The van der Waals surface area contributed by atoms with Crippen molar-refractivity contribution in [1.82, 2.24) is 30.9 Å². The minimum atomic E-state index is -1.11. The van der Waals surface area contributed by atoms with Crippen molar-refractivity contribution in [2.45, 2.75) is 95.7 Å². The Labute approximate surface area is 266 Å². The van der Waals surface area contributed by atoms with E-state index in [-0.39, 0.29) is 25.0 Å². The van der Waals surface area contributed by atoms with Crippen LogP contribution in [-0.4, -0.2) is 80.6 Å². The molecule has 0 spiro atoms. The number of carboxylic acid groups (broad SMARTS) is 1. The number of halogens is 1. The molecule has 1 aliphatic carbocycles. The Morgan fingerprint density at radius 1 is 1.09 bits per heavy atom. The third-order valence-electron chi connectivity index (χ3n) is 7.52. The largest absolute Gasteiger partial charge is 0.480 e. The van der Waals surface area contributed by atoms with Crippen molar-refractivity contribution in [3.8, 4) is 11.3 Å². The number of allylic oxidation sites excluding steroid dienone is 1. The Morgan fingerprint density at radius 2 is 1.84 bits per heavy atom. The smallest absolute Gasteiger partial charge is 0.407 e. The summed E-state index contributed by atoms with van der Waals surface area (Å²) in [6, 6.07) is 8.11. The van der Waals surface area contributed by atoms with E-state index in [4.69, 9.17) is 4.74 Å². The van der Waals surface area contributed by atoms with Crippen molar-refractivity contribution >= 4 is 39.8 Å². The number of ether oxygens (including phenoxy) is 1. The summed E-state index contributed by atoms with van der Waals surface area (Å²) in [4.78, 5) is 50.1. The summed E-state index contributed by atoms with van der Waals surface area (Å²) in [5.41, 5.74) is 1.90. The second-order valence-corrected chi connectivity index (χ2v) is 11.6. The molecule has 1 aromatic heterocycles. The fourth-order valence-corrected chi connectivity index (χ4v) is 5.53. The molecular formula is C31H43BrN6O6. The molecule has 4 rings (SSSR count). The zero-order chi connectivity index (χ0) is 31.7. The first-order valence-electron chi connectivity index (χ1n) is 15.3. The number of likely N-dealkylation sites (tertiary alicyclic amines) is 1. The number of rotatable bonds is 13. The van der Waals surface area contributed by atoms with Crippen LogP contribution >= 0.6 is 15.9 Å². The normalized spacial score (nSPS) is 17.1. The van der Waals surface area contributed by atoms with Crippen LogP contribution in [0.15, 0.2) is 47.1 Å². The van der Waals surface area contributed by atoms with E-state index in [0.29, 0.717) is 19.4 Å². The van der Waals surface area contributed by atoms with Gasteiger partial charge in [0.25, 0.3) is 0 Å². The average molecular weight is 676 g/mol. The highest BCUT2D eigenvalue weighted by molar-refractivity contribution is 9.10. The van der Waals surface area contributed by atoms with Gasteiger partial charge in [0, 0.05) is 12.1 Å². The van der Waals surface area contributed by atoms with E-state index in [0.717, 1.165) is 67.2 Å². The molecule has 4 N–H and O–H groups in total. The first-order chi connectivity index (χ1) is 21.3. The summed E-state index contributed by atoms with van der Waals surface area (Å²) in [5.74, 6) is -1.96. The highest BCUT2D eigenvalue weighted by Crippen LogP contribution is 2.23. The first-order valence-corrected chi connectivity index (χ1v) is 16.1. The van der Waals surface area contributed by atoms with Gasteiger partial charge in [-0.25, -0.2) is 9.59 Å². The third-order valence-corrected chi connectivity index (χ3v) is 8.07. The number of carbonyl (C=O) groups is 4. The number of aliphatic carboxylic acids is 1. The Morgan fingerprint density at radius 3 is 2.50 bits per heavy atom. The highest BCUT2D eigenvalue weighted by atomic mass is 79.9. The van der Waals surface area contributed by atoms with Gasteiger partial charge in [-0.15, -0.1) is 5.10 Å². The van der Waals surface area contributed by atoms with E-state index in [1.807, 2.05) is 36.4 Å². The highest BCUT2D eigenvalue weighted by Gasteiger charge is 2.35. The number of nitrogens with zero attached hydrogens (tertiary/aromatic N) is 3. The number of hydrogen-bond acceptors (Lipinski definition) is 7. The molecule has 0 bridgehead atoms. The number of benzene rings is 1. The van der Waals surface area contributed by atoms with E-state index in [2.05, 4.69) is 48.9 Å². The lowest BCUT2D eigenvalue weighted by atomic mass is 10.1. The van der Waals surface area contributed by atoms with Gasteiger partial charge < -0.3 is 25.4 Å². The number of amides is 3. The summed E-state index contributed by atoms with van der Waals surface area (Å²) in [6.07, 6.45) is 12.3. The van der Waals surface area contributed by atoms with Crippen LogP contribution in [0.25, 0.3) is 11.3 Å². The van der Waals surface area contributed by atoms with Gasteiger partial charge in [0.15, 0.2) is 4.60 Å². The molecule has 2 aromatic rings. The Balaban J connectivity index is 0.000000363. The summed E-state index contributed by atoms with van der Waals surface area (Å²) in [7, 11) is 0. The second kappa shape index (κ2) is 18.8. The number of aromatic nitrogens is 3. The molecule has 13 heteroatoms. The molecule has 1 aliphatic heterocycles. The monoisotopic (exact) mass is 674 g/mol. The van der Waals surface area contributed by atoms with E-state index < -0.39 is 30.1 Å². The molecule has 2 atom stereocenters. The van der Waals surface area contributed by atoms with Crippen LogP contribution in [0.5, 0.6) is 0 Å². The second-order valence-electron chi connectivity index (χ2n) is 10.8. The number of alkyl carbamates (subject to hydrolysis) is 1. The van der Waals surface area contributed by atoms with Crippen LogP contribution in [0, 0.1) is 0 Å². The van der Waals surface area contributed by atoms with Crippen molar-refractivity contribution < 1.29 is 29.0 Å². The van der Waals surface area contributed by atoms with Crippen LogP contribution in [0.2, 0.25) is 0 Å². The van der Waals surface area contributed by atoms with Crippen molar-refractivity contribution in [2.75, 3.05) is 13.1 Å². The van der Waals surface area contributed by atoms with E-state index in [9.17, 15) is 24.3 Å². The maximum atomic E-state index is 12.7. The molecule has 1 saturated heterocycles.